The predicted octanol–water partition coefficient (Wildman–Crippen LogP) is 4.51. The summed E-state index contributed by atoms with van der Waals surface area (Å²) >= 11 is 0. The van der Waals surface area contributed by atoms with Crippen LogP contribution in [0.5, 0.6) is 0 Å². The number of rotatable bonds is 2. The first-order valence-electron chi connectivity index (χ1n) is 6.39. The van der Waals surface area contributed by atoms with Crippen LogP contribution in [0, 0.1) is 19.7 Å². The second-order valence-electron chi connectivity index (χ2n) is 5.07. The van der Waals surface area contributed by atoms with Crippen molar-refractivity contribution < 1.29 is 17.6 Å². The van der Waals surface area contributed by atoms with E-state index in [9.17, 15) is 17.6 Å². The quantitative estimate of drug-likeness (QED) is 0.811. The Morgan fingerprint density at radius 1 is 0.952 bits per heavy atom. The van der Waals surface area contributed by atoms with Crippen LogP contribution in [0.1, 0.15) is 33.9 Å². The molecule has 2 aromatic rings. The van der Waals surface area contributed by atoms with Gasteiger partial charge >= 0.3 is 6.18 Å². The van der Waals surface area contributed by atoms with Crippen LogP contribution in [0.4, 0.5) is 17.6 Å². The van der Waals surface area contributed by atoms with Crippen LogP contribution in [0.2, 0.25) is 0 Å². The van der Waals surface area contributed by atoms with Crippen LogP contribution < -0.4 is 5.73 Å². The zero-order valence-corrected chi connectivity index (χ0v) is 11.6. The van der Waals surface area contributed by atoms with Gasteiger partial charge in [-0.25, -0.2) is 4.39 Å². The summed E-state index contributed by atoms with van der Waals surface area (Å²) in [5.74, 6) is -0.457. The maximum absolute atomic E-state index is 13.9. The molecule has 0 saturated heterocycles. The molecule has 112 valence electrons. The standard InChI is InChI=1S/C16H15F4N/c1-9-3-5-13(14(17)7-9)15(21)12-6-4-11(8-10(12)2)16(18,19)20/h3-8,15H,21H2,1-2H3. The van der Waals surface area contributed by atoms with Crippen molar-refractivity contribution in [2.24, 2.45) is 5.73 Å². The van der Waals surface area contributed by atoms with E-state index in [2.05, 4.69) is 0 Å². The molecular formula is C16H15F4N. The molecule has 0 aliphatic heterocycles. The van der Waals surface area contributed by atoms with Crippen molar-refractivity contribution in [3.8, 4) is 0 Å². The van der Waals surface area contributed by atoms with Crippen molar-refractivity contribution in [3.05, 3.63) is 70.0 Å². The van der Waals surface area contributed by atoms with E-state index in [1.807, 2.05) is 0 Å². The highest BCUT2D eigenvalue weighted by atomic mass is 19.4. The Morgan fingerprint density at radius 3 is 2.10 bits per heavy atom. The molecule has 1 nitrogen and oxygen atoms in total. The average molecular weight is 297 g/mol. The second-order valence-corrected chi connectivity index (χ2v) is 5.07. The third-order valence-corrected chi connectivity index (χ3v) is 3.42. The highest BCUT2D eigenvalue weighted by Gasteiger charge is 2.31. The van der Waals surface area contributed by atoms with Crippen molar-refractivity contribution in [1.29, 1.82) is 0 Å². The Bertz CT molecular complexity index is 662. The van der Waals surface area contributed by atoms with E-state index in [4.69, 9.17) is 5.73 Å². The van der Waals surface area contributed by atoms with Crippen LogP contribution in [0.15, 0.2) is 36.4 Å². The molecule has 0 aromatic heterocycles. The van der Waals surface area contributed by atoms with Crippen molar-refractivity contribution in [3.63, 3.8) is 0 Å². The normalized spacial score (nSPS) is 13.3. The molecule has 5 heteroatoms. The molecule has 21 heavy (non-hydrogen) atoms. The molecule has 0 heterocycles. The average Bonchev–Trinajstić information content (AvgIpc) is 2.36. The van der Waals surface area contributed by atoms with E-state index in [0.29, 0.717) is 11.1 Å². The first-order chi connectivity index (χ1) is 9.70. The number of benzene rings is 2. The smallest absolute Gasteiger partial charge is 0.320 e. The lowest BCUT2D eigenvalue weighted by Crippen LogP contribution is -2.16. The molecule has 1 atom stereocenters. The van der Waals surface area contributed by atoms with Crippen LogP contribution in [0.25, 0.3) is 0 Å². The summed E-state index contributed by atoms with van der Waals surface area (Å²) in [5, 5.41) is 0. The van der Waals surface area contributed by atoms with Crippen LogP contribution in [-0.2, 0) is 6.18 Å². The summed E-state index contributed by atoms with van der Waals surface area (Å²) in [6.45, 7) is 3.29. The van der Waals surface area contributed by atoms with Crippen LogP contribution >= 0.6 is 0 Å². The number of aryl methyl sites for hydroxylation is 2. The van der Waals surface area contributed by atoms with E-state index < -0.39 is 23.6 Å². The Morgan fingerprint density at radius 2 is 1.57 bits per heavy atom. The lowest BCUT2D eigenvalue weighted by Gasteiger charge is -2.18. The molecule has 2 aromatic carbocycles. The van der Waals surface area contributed by atoms with Gasteiger partial charge in [-0.3, -0.25) is 0 Å². The topological polar surface area (TPSA) is 26.0 Å². The van der Waals surface area contributed by atoms with E-state index >= 15 is 0 Å². The van der Waals surface area contributed by atoms with Crippen molar-refractivity contribution >= 4 is 0 Å². The third kappa shape index (κ3) is 3.24. The minimum atomic E-state index is -4.40. The van der Waals surface area contributed by atoms with Gasteiger partial charge in [-0.05, 0) is 48.7 Å². The highest BCUT2D eigenvalue weighted by molar-refractivity contribution is 5.40. The van der Waals surface area contributed by atoms with E-state index in [-0.39, 0.29) is 5.56 Å². The fourth-order valence-corrected chi connectivity index (χ4v) is 2.25. The monoisotopic (exact) mass is 297 g/mol. The van der Waals surface area contributed by atoms with Gasteiger partial charge in [0, 0.05) is 5.56 Å². The fraction of sp³-hybridized carbons (Fsp3) is 0.250. The van der Waals surface area contributed by atoms with Crippen molar-refractivity contribution in [2.75, 3.05) is 0 Å². The zero-order chi connectivity index (χ0) is 15.8. The largest absolute Gasteiger partial charge is 0.416 e. The summed E-state index contributed by atoms with van der Waals surface area (Å²) in [6, 6.07) is 7.14. The number of halogens is 4. The third-order valence-electron chi connectivity index (χ3n) is 3.42. The molecule has 0 bridgehead atoms. The van der Waals surface area contributed by atoms with Gasteiger partial charge in [0.05, 0.1) is 11.6 Å². The summed E-state index contributed by atoms with van der Waals surface area (Å²) in [5.41, 5.74) is 7.16. The van der Waals surface area contributed by atoms with Gasteiger partial charge in [0.1, 0.15) is 5.82 Å². The molecule has 0 saturated carbocycles. The first kappa shape index (κ1) is 15.5. The maximum Gasteiger partial charge on any atom is 0.416 e. The number of hydrogen-bond donors (Lipinski definition) is 1. The van der Waals surface area contributed by atoms with Gasteiger partial charge in [0.15, 0.2) is 0 Å². The summed E-state index contributed by atoms with van der Waals surface area (Å²) < 4.78 is 51.8. The number of nitrogens with two attached hydrogens (primary N) is 1. The Labute approximate surface area is 120 Å². The van der Waals surface area contributed by atoms with Gasteiger partial charge in [-0.1, -0.05) is 18.2 Å². The van der Waals surface area contributed by atoms with Crippen molar-refractivity contribution in [2.45, 2.75) is 26.1 Å². The molecule has 1 unspecified atom stereocenters. The molecule has 0 spiro atoms. The van der Waals surface area contributed by atoms with Gasteiger partial charge < -0.3 is 5.73 Å². The summed E-state index contributed by atoms with van der Waals surface area (Å²) in [6.07, 6.45) is -4.40. The van der Waals surface area contributed by atoms with Gasteiger partial charge in [0.25, 0.3) is 0 Å². The molecule has 0 aliphatic carbocycles. The fourth-order valence-electron chi connectivity index (χ4n) is 2.25. The van der Waals surface area contributed by atoms with Crippen LogP contribution in [-0.4, -0.2) is 0 Å². The molecule has 0 fully saturated rings. The minimum absolute atomic E-state index is 0.267. The lowest BCUT2D eigenvalue weighted by molar-refractivity contribution is -0.137. The molecular weight excluding hydrogens is 282 g/mol. The van der Waals surface area contributed by atoms with E-state index in [1.165, 1.54) is 19.1 Å². The van der Waals surface area contributed by atoms with Gasteiger partial charge in [-0.2, -0.15) is 13.2 Å². The van der Waals surface area contributed by atoms with Crippen molar-refractivity contribution in [1.82, 2.24) is 0 Å². The van der Waals surface area contributed by atoms with E-state index in [1.54, 1.807) is 19.1 Å². The SMILES string of the molecule is Cc1ccc(C(N)c2ccc(C(F)(F)F)cc2C)c(F)c1. The first-order valence-corrected chi connectivity index (χ1v) is 6.39. The number of alkyl halides is 3. The van der Waals surface area contributed by atoms with Gasteiger partial charge in [0.2, 0.25) is 0 Å². The Kier molecular flexibility index (Phi) is 4.05. The molecule has 0 amide bonds. The minimum Gasteiger partial charge on any atom is -0.320 e. The lowest BCUT2D eigenvalue weighted by atomic mass is 9.93. The van der Waals surface area contributed by atoms with E-state index in [0.717, 1.165) is 17.7 Å². The Balaban J connectivity index is 2.42. The molecule has 2 rings (SSSR count). The molecule has 0 radical (unpaired) electrons. The van der Waals surface area contributed by atoms with Crippen LogP contribution in [0.3, 0.4) is 0 Å². The summed E-state index contributed by atoms with van der Waals surface area (Å²) in [7, 11) is 0. The maximum atomic E-state index is 13.9. The Hall–Kier alpha value is -1.88. The predicted molar refractivity (Wildman–Crippen MR) is 73.3 cm³/mol. The highest BCUT2D eigenvalue weighted by Crippen LogP contribution is 2.33. The number of hydrogen-bond acceptors (Lipinski definition) is 1. The van der Waals surface area contributed by atoms with Gasteiger partial charge in [-0.15, -0.1) is 0 Å². The second kappa shape index (κ2) is 5.48. The summed E-state index contributed by atoms with van der Waals surface area (Å²) in [4.78, 5) is 0. The molecule has 2 N–H and O–H groups in total. The zero-order valence-electron chi connectivity index (χ0n) is 11.6. The molecule has 0 aliphatic rings.